The molecule has 10 heteroatoms. The second-order valence-corrected chi connectivity index (χ2v) is 8.86. The largest absolute Gasteiger partial charge is 0.447 e. The summed E-state index contributed by atoms with van der Waals surface area (Å²) >= 11 is 0. The summed E-state index contributed by atoms with van der Waals surface area (Å²) in [6.45, 7) is 6.49. The summed E-state index contributed by atoms with van der Waals surface area (Å²) in [7, 11) is 0. The Morgan fingerprint density at radius 2 is 2.00 bits per heavy atom. The van der Waals surface area contributed by atoms with Crippen LogP contribution in [0, 0.1) is 10.8 Å². The van der Waals surface area contributed by atoms with Gasteiger partial charge in [0.25, 0.3) is 5.91 Å². The number of rotatable bonds is 4. The zero-order chi connectivity index (χ0) is 24.4. The normalized spacial score (nSPS) is 17.5. The number of anilines is 1. The molecular formula is C24H29N7O3. The predicted molar refractivity (Wildman–Crippen MR) is 127 cm³/mol. The average molecular weight is 464 g/mol. The van der Waals surface area contributed by atoms with Crippen LogP contribution in [0.2, 0.25) is 0 Å². The van der Waals surface area contributed by atoms with Gasteiger partial charge >= 0.3 is 6.09 Å². The average Bonchev–Trinajstić information content (AvgIpc) is 3.15. The molecule has 10 nitrogen and oxygen atoms in total. The molecule has 178 valence electrons. The van der Waals surface area contributed by atoms with Gasteiger partial charge in [0.15, 0.2) is 5.84 Å². The van der Waals surface area contributed by atoms with Crippen molar-refractivity contribution in [1.29, 1.82) is 10.8 Å². The van der Waals surface area contributed by atoms with E-state index in [1.807, 2.05) is 20.8 Å². The van der Waals surface area contributed by atoms with Crippen molar-refractivity contribution in [3.05, 3.63) is 53.0 Å². The number of pyridine rings is 2. The van der Waals surface area contributed by atoms with Crippen molar-refractivity contribution in [2.24, 2.45) is 0 Å². The van der Waals surface area contributed by atoms with E-state index in [9.17, 15) is 9.59 Å². The number of nitrogens with one attached hydrogen (secondary N) is 3. The molecule has 1 saturated heterocycles. The van der Waals surface area contributed by atoms with E-state index >= 15 is 0 Å². The first-order valence-electron chi connectivity index (χ1n) is 11.4. The fourth-order valence-electron chi connectivity index (χ4n) is 4.15. The molecule has 0 bridgehead atoms. The number of carbonyl (C=O) groups is 2. The van der Waals surface area contributed by atoms with E-state index in [0.29, 0.717) is 43.3 Å². The van der Waals surface area contributed by atoms with E-state index in [2.05, 4.69) is 15.3 Å². The van der Waals surface area contributed by atoms with Gasteiger partial charge in [0.1, 0.15) is 23.0 Å². The standard InChI is InChI=1S/C24H29N7O3/c1-14(2)34-24(33)30-10-9-16-12-27-19(11-17(16)13-30)23(32)29-21-6-4-5-18(28-21)22(26)31-15(3)7-8-20(31)25/h4-6,11-12,14-15,25-26H,7-10,13H2,1-3H3,(H,28,29,32)/t15-/m1/s1. The summed E-state index contributed by atoms with van der Waals surface area (Å²) in [5, 5.41) is 19.3. The number of ether oxygens (including phenoxy) is 1. The van der Waals surface area contributed by atoms with Gasteiger partial charge in [-0.2, -0.15) is 0 Å². The minimum absolute atomic E-state index is 0.0668. The van der Waals surface area contributed by atoms with Crippen LogP contribution in [0.5, 0.6) is 0 Å². The Bertz CT molecular complexity index is 1150. The fraction of sp³-hybridized carbons (Fsp3) is 0.417. The van der Waals surface area contributed by atoms with E-state index in [1.54, 1.807) is 40.3 Å². The zero-order valence-electron chi connectivity index (χ0n) is 19.6. The molecule has 2 aromatic rings. The summed E-state index contributed by atoms with van der Waals surface area (Å²) in [6, 6.07) is 6.82. The highest BCUT2D eigenvalue weighted by molar-refractivity contribution is 6.08. The van der Waals surface area contributed by atoms with Crippen molar-refractivity contribution in [3.8, 4) is 0 Å². The van der Waals surface area contributed by atoms with E-state index in [1.165, 1.54) is 0 Å². The van der Waals surface area contributed by atoms with Crippen LogP contribution in [-0.4, -0.2) is 62.1 Å². The molecule has 0 radical (unpaired) electrons. The minimum Gasteiger partial charge on any atom is -0.447 e. The van der Waals surface area contributed by atoms with Gasteiger partial charge < -0.3 is 19.9 Å². The second kappa shape index (κ2) is 9.58. The van der Waals surface area contributed by atoms with Gasteiger partial charge in [-0.15, -0.1) is 0 Å². The molecule has 0 saturated carbocycles. The number of hydrogen-bond acceptors (Lipinski definition) is 7. The topological polar surface area (TPSA) is 135 Å². The van der Waals surface area contributed by atoms with Crippen molar-refractivity contribution in [1.82, 2.24) is 19.8 Å². The first kappa shape index (κ1) is 23.3. The first-order valence-corrected chi connectivity index (χ1v) is 11.4. The van der Waals surface area contributed by atoms with Crippen LogP contribution in [0.4, 0.5) is 10.6 Å². The lowest BCUT2D eigenvalue weighted by atomic mass is 10.0. The molecular weight excluding hydrogens is 434 g/mol. The van der Waals surface area contributed by atoms with Gasteiger partial charge in [0.05, 0.1) is 6.10 Å². The maximum Gasteiger partial charge on any atom is 0.410 e. The van der Waals surface area contributed by atoms with E-state index in [4.69, 9.17) is 15.6 Å². The molecule has 0 unspecified atom stereocenters. The summed E-state index contributed by atoms with van der Waals surface area (Å²) in [4.78, 5) is 37.1. The van der Waals surface area contributed by atoms with Crippen molar-refractivity contribution >= 4 is 29.5 Å². The maximum absolute atomic E-state index is 12.9. The molecule has 2 aliphatic rings. The molecule has 3 N–H and O–H groups in total. The molecule has 1 fully saturated rings. The Morgan fingerprint density at radius 3 is 2.71 bits per heavy atom. The van der Waals surface area contributed by atoms with Crippen LogP contribution >= 0.6 is 0 Å². The number of hydrogen-bond donors (Lipinski definition) is 3. The Balaban J connectivity index is 1.47. The second-order valence-electron chi connectivity index (χ2n) is 8.86. The van der Waals surface area contributed by atoms with Gasteiger partial charge in [0.2, 0.25) is 0 Å². The lowest BCUT2D eigenvalue weighted by molar-refractivity contribution is 0.0729. The number of amides is 2. The Morgan fingerprint density at radius 1 is 1.21 bits per heavy atom. The van der Waals surface area contributed by atoms with Crippen molar-refractivity contribution in [2.45, 2.75) is 58.7 Å². The third-order valence-corrected chi connectivity index (χ3v) is 5.93. The molecule has 4 heterocycles. The third kappa shape index (κ3) is 4.90. The molecule has 2 aromatic heterocycles. The lowest BCUT2D eigenvalue weighted by Gasteiger charge is -2.28. The van der Waals surface area contributed by atoms with Gasteiger partial charge in [-0.1, -0.05) is 6.07 Å². The molecule has 0 spiro atoms. The number of fused-ring (bicyclic) bond motifs is 1. The zero-order valence-corrected chi connectivity index (χ0v) is 19.6. The highest BCUT2D eigenvalue weighted by Crippen LogP contribution is 2.22. The number of nitrogens with zero attached hydrogens (tertiary/aromatic N) is 4. The predicted octanol–water partition coefficient (Wildman–Crippen LogP) is 3.42. The fourth-order valence-corrected chi connectivity index (χ4v) is 4.15. The van der Waals surface area contributed by atoms with Crippen LogP contribution in [0.3, 0.4) is 0 Å². The van der Waals surface area contributed by atoms with Gasteiger partial charge in [-0.3, -0.25) is 20.6 Å². The molecule has 0 aliphatic carbocycles. The molecule has 1 atom stereocenters. The van der Waals surface area contributed by atoms with E-state index in [-0.39, 0.29) is 29.8 Å². The molecule has 4 rings (SSSR count). The van der Waals surface area contributed by atoms with Gasteiger partial charge in [-0.05, 0) is 62.9 Å². The Labute approximate surface area is 198 Å². The molecule has 2 aliphatic heterocycles. The Kier molecular flexibility index (Phi) is 6.58. The van der Waals surface area contributed by atoms with Crippen molar-refractivity contribution in [2.75, 3.05) is 11.9 Å². The van der Waals surface area contributed by atoms with Gasteiger partial charge in [-0.25, -0.2) is 9.78 Å². The van der Waals surface area contributed by atoms with E-state index in [0.717, 1.165) is 17.5 Å². The molecule has 0 aromatic carbocycles. The highest BCUT2D eigenvalue weighted by Gasteiger charge is 2.29. The van der Waals surface area contributed by atoms with Crippen molar-refractivity contribution < 1.29 is 14.3 Å². The van der Waals surface area contributed by atoms with Crippen LogP contribution in [0.25, 0.3) is 0 Å². The van der Waals surface area contributed by atoms with Crippen LogP contribution in [0.1, 0.15) is 60.9 Å². The maximum atomic E-state index is 12.9. The van der Waals surface area contributed by atoms with Crippen LogP contribution in [-0.2, 0) is 17.7 Å². The monoisotopic (exact) mass is 463 g/mol. The first-order chi connectivity index (χ1) is 16.2. The SMILES string of the molecule is CC(C)OC(=O)N1CCc2cnc(C(=O)Nc3cccc(C(=N)N4C(=N)CC[C@H]4C)n3)cc2C1. The highest BCUT2D eigenvalue weighted by atomic mass is 16.6. The summed E-state index contributed by atoms with van der Waals surface area (Å²) in [5.41, 5.74) is 2.46. The minimum atomic E-state index is -0.428. The number of carbonyl (C=O) groups excluding carboxylic acids is 2. The number of likely N-dealkylation sites (tertiary alicyclic amines) is 1. The van der Waals surface area contributed by atoms with Crippen LogP contribution in [0.15, 0.2) is 30.5 Å². The van der Waals surface area contributed by atoms with Gasteiger partial charge in [0, 0.05) is 31.7 Å². The quantitative estimate of drug-likeness (QED) is 0.470. The smallest absolute Gasteiger partial charge is 0.410 e. The summed E-state index contributed by atoms with van der Waals surface area (Å²) in [5.74, 6) is 0.417. The summed E-state index contributed by atoms with van der Waals surface area (Å²) in [6.07, 6.45) is 3.22. The Hall–Kier alpha value is -3.82. The molecule has 34 heavy (non-hydrogen) atoms. The van der Waals surface area contributed by atoms with Crippen molar-refractivity contribution in [3.63, 3.8) is 0 Å². The van der Waals surface area contributed by atoms with Crippen LogP contribution < -0.4 is 5.32 Å². The van der Waals surface area contributed by atoms with E-state index < -0.39 is 5.91 Å². The summed E-state index contributed by atoms with van der Waals surface area (Å²) < 4.78 is 5.29. The lowest BCUT2D eigenvalue weighted by Crippen LogP contribution is -2.37. The number of amidine groups is 2. The third-order valence-electron chi connectivity index (χ3n) is 5.93. The number of aromatic nitrogens is 2. The molecule has 2 amide bonds.